The van der Waals surface area contributed by atoms with Crippen LogP contribution >= 0.6 is 0 Å². The molecule has 0 aliphatic carbocycles. The molecule has 1 saturated heterocycles. The van der Waals surface area contributed by atoms with Crippen molar-refractivity contribution in [1.82, 2.24) is 15.3 Å². The summed E-state index contributed by atoms with van der Waals surface area (Å²) in [6.07, 6.45) is -3.21. The molecule has 1 unspecified atom stereocenters. The molecule has 0 radical (unpaired) electrons. The molecule has 3 atom stereocenters. The van der Waals surface area contributed by atoms with Crippen molar-refractivity contribution in [3.63, 3.8) is 0 Å². The third-order valence-corrected chi connectivity index (χ3v) is 5.22. The van der Waals surface area contributed by atoms with Crippen molar-refractivity contribution in [2.45, 2.75) is 38.6 Å². The number of piperidine rings is 1. The van der Waals surface area contributed by atoms with E-state index in [4.69, 9.17) is 0 Å². The number of halogens is 3. The maximum Gasteiger partial charge on any atom is 0.393 e. The van der Waals surface area contributed by atoms with E-state index in [-0.39, 0.29) is 31.0 Å². The number of rotatable bonds is 4. The number of alkyl halides is 3. The lowest BCUT2D eigenvalue weighted by Crippen LogP contribution is -2.55. The summed E-state index contributed by atoms with van der Waals surface area (Å²) in [5.74, 6) is -2.72. The average Bonchev–Trinajstić information content (AvgIpc) is 2.71. The van der Waals surface area contributed by atoms with Crippen LogP contribution in [0.4, 0.5) is 18.9 Å². The molecule has 160 valence electrons. The van der Waals surface area contributed by atoms with Crippen LogP contribution in [-0.2, 0) is 4.79 Å². The second-order valence-corrected chi connectivity index (χ2v) is 7.77. The molecule has 7 nitrogen and oxygen atoms in total. The van der Waals surface area contributed by atoms with Gasteiger partial charge in [0.1, 0.15) is 23.2 Å². The van der Waals surface area contributed by atoms with Crippen molar-refractivity contribution in [3.05, 3.63) is 30.1 Å². The number of nitrogens with one attached hydrogen (secondary N) is 1. The molecular weight excluding hydrogens is 399 g/mol. The van der Waals surface area contributed by atoms with E-state index in [1.807, 2.05) is 6.07 Å². The molecule has 1 fully saturated rings. The number of hydrogen-bond acceptors (Lipinski definition) is 6. The van der Waals surface area contributed by atoms with Gasteiger partial charge in [-0.15, -0.1) is 0 Å². The summed E-state index contributed by atoms with van der Waals surface area (Å²) in [6, 6.07) is 4.25. The third kappa shape index (κ3) is 4.46. The molecule has 30 heavy (non-hydrogen) atoms. The number of hydrogen-bond donors (Lipinski definition) is 2. The SMILES string of the molecule is CC(C)C(O)C(=O)N[C@H]1C[C@@H](C(F)(F)F)CN(c2ccc(C#N)c3nccnc23)C1. The molecule has 0 saturated carbocycles. The van der Waals surface area contributed by atoms with Crippen LogP contribution < -0.4 is 10.2 Å². The van der Waals surface area contributed by atoms with Gasteiger partial charge in [-0.05, 0) is 24.5 Å². The van der Waals surface area contributed by atoms with Crippen molar-refractivity contribution in [1.29, 1.82) is 5.26 Å². The number of aliphatic hydroxyl groups excluding tert-OH is 1. The standard InChI is InChI=1S/C20H22F3N5O2/c1-11(2)18(29)19(30)27-14-7-13(20(21,22)23)9-28(10-14)15-4-3-12(8-24)16-17(15)26-6-5-25-16/h3-6,11,13-14,18,29H,7,9-10H2,1-2H3,(H,27,30)/t13-,14+,18?/m1/s1. The Balaban J connectivity index is 1.95. The van der Waals surface area contributed by atoms with Gasteiger partial charge in [0.05, 0.1) is 17.2 Å². The molecule has 3 rings (SSSR count). The zero-order valence-electron chi connectivity index (χ0n) is 16.5. The Morgan fingerprint density at radius 1 is 1.27 bits per heavy atom. The third-order valence-electron chi connectivity index (χ3n) is 5.22. The molecule has 1 aliphatic rings. The zero-order chi connectivity index (χ0) is 22.1. The first-order chi connectivity index (χ1) is 14.1. The van der Waals surface area contributed by atoms with Crippen molar-refractivity contribution in [2.75, 3.05) is 18.0 Å². The van der Waals surface area contributed by atoms with Gasteiger partial charge >= 0.3 is 6.18 Å². The van der Waals surface area contributed by atoms with E-state index in [9.17, 15) is 28.3 Å². The van der Waals surface area contributed by atoms with Gasteiger partial charge in [0.15, 0.2) is 0 Å². The fourth-order valence-electron chi connectivity index (χ4n) is 3.61. The number of carbonyl (C=O) groups excluding carboxylic acids is 1. The summed E-state index contributed by atoms with van der Waals surface area (Å²) in [4.78, 5) is 22.1. The van der Waals surface area contributed by atoms with Crippen LogP contribution in [0.5, 0.6) is 0 Å². The smallest absolute Gasteiger partial charge is 0.383 e. The highest BCUT2D eigenvalue weighted by atomic mass is 19.4. The van der Waals surface area contributed by atoms with Gasteiger partial charge in [0, 0.05) is 31.5 Å². The van der Waals surface area contributed by atoms with E-state index in [1.54, 1.807) is 19.9 Å². The van der Waals surface area contributed by atoms with E-state index in [2.05, 4.69) is 15.3 Å². The van der Waals surface area contributed by atoms with Crippen LogP contribution in [-0.4, -0.2) is 52.4 Å². The highest BCUT2D eigenvalue weighted by Gasteiger charge is 2.45. The Morgan fingerprint density at radius 3 is 2.53 bits per heavy atom. The molecule has 2 heterocycles. The van der Waals surface area contributed by atoms with Gasteiger partial charge in [-0.25, -0.2) is 0 Å². The Bertz CT molecular complexity index is 973. The van der Waals surface area contributed by atoms with Gasteiger partial charge in [-0.2, -0.15) is 18.4 Å². The summed E-state index contributed by atoms with van der Waals surface area (Å²) in [7, 11) is 0. The summed E-state index contributed by atoms with van der Waals surface area (Å²) in [5, 5.41) is 21.8. The topological polar surface area (TPSA) is 102 Å². The van der Waals surface area contributed by atoms with E-state index in [0.29, 0.717) is 16.7 Å². The van der Waals surface area contributed by atoms with Crippen LogP contribution in [0.2, 0.25) is 0 Å². The molecule has 1 aromatic heterocycles. The van der Waals surface area contributed by atoms with Crippen molar-refractivity contribution < 1.29 is 23.1 Å². The summed E-state index contributed by atoms with van der Waals surface area (Å²) in [6.45, 7) is 3.11. The molecule has 2 aromatic rings. The van der Waals surface area contributed by atoms with Gasteiger partial charge in [-0.3, -0.25) is 14.8 Å². The minimum Gasteiger partial charge on any atom is -0.383 e. The lowest BCUT2D eigenvalue weighted by molar-refractivity contribution is -0.178. The van der Waals surface area contributed by atoms with E-state index in [0.717, 1.165) is 0 Å². The number of nitrogens with zero attached hydrogens (tertiary/aromatic N) is 4. The van der Waals surface area contributed by atoms with Gasteiger partial charge in [-0.1, -0.05) is 13.8 Å². The number of fused-ring (bicyclic) bond motifs is 1. The monoisotopic (exact) mass is 421 g/mol. The number of aliphatic hydroxyl groups is 1. The number of carbonyl (C=O) groups is 1. The van der Waals surface area contributed by atoms with E-state index >= 15 is 0 Å². The van der Waals surface area contributed by atoms with Crippen LogP contribution in [0.25, 0.3) is 11.0 Å². The summed E-state index contributed by atoms with van der Waals surface area (Å²) in [5.41, 5.74) is 1.32. The molecular formula is C20H22F3N5O2. The molecule has 1 aliphatic heterocycles. The highest BCUT2D eigenvalue weighted by Crippen LogP contribution is 2.37. The second kappa shape index (κ2) is 8.44. The van der Waals surface area contributed by atoms with Crippen LogP contribution in [0.3, 0.4) is 0 Å². The average molecular weight is 421 g/mol. The van der Waals surface area contributed by atoms with Crippen molar-refractivity contribution in [3.8, 4) is 6.07 Å². The summed E-state index contributed by atoms with van der Waals surface area (Å²) < 4.78 is 40.8. The summed E-state index contributed by atoms with van der Waals surface area (Å²) >= 11 is 0. The highest BCUT2D eigenvalue weighted by molar-refractivity contribution is 5.92. The van der Waals surface area contributed by atoms with E-state index < -0.39 is 30.1 Å². The Kier molecular flexibility index (Phi) is 6.12. The van der Waals surface area contributed by atoms with Crippen LogP contribution in [0.1, 0.15) is 25.8 Å². The fraction of sp³-hybridized carbons (Fsp3) is 0.500. The molecule has 1 amide bonds. The Labute approximate surface area is 171 Å². The maximum absolute atomic E-state index is 13.6. The lowest BCUT2D eigenvalue weighted by atomic mass is 9.92. The quantitative estimate of drug-likeness (QED) is 0.786. The lowest BCUT2D eigenvalue weighted by Gasteiger charge is -2.40. The first-order valence-electron chi connectivity index (χ1n) is 9.55. The van der Waals surface area contributed by atoms with Gasteiger partial charge in [0.2, 0.25) is 5.91 Å². The number of benzene rings is 1. The van der Waals surface area contributed by atoms with Crippen molar-refractivity contribution in [2.24, 2.45) is 11.8 Å². The number of aromatic nitrogens is 2. The second-order valence-electron chi connectivity index (χ2n) is 7.77. The predicted molar refractivity (Wildman–Crippen MR) is 103 cm³/mol. The van der Waals surface area contributed by atoms with E-state index in [1.165, 1.54) is 23.4 Å². The predicted octanol–water partition coefficient (Wildman–Crippen LogP) is 2.39. The molecule has 10 heteroatoms. The minimum absolute atomic E-state index is 0.112. The molecule has 0 spiro atoms. The van der Waals surface area contributed by atoms with Gasteiger partial charge < -0.3 is 15.3 Å². The van der Waals surface area contributed by atoms with Crippen LogP contribution in [0, 0.1) is 23.2 Å². The number of amides is 1. The zero-order valence-corrected chi connectivity index (χ0v) is 16.5. The first-order valence-corrected chi connectivity index (χ1v) is 9.55. The number of anilines is 1. The normalized spacial score (nSPS) is 20.8. The molecule has 2 N–H and O–H groups in total. The maximum atomic E-state index is 13.6. The largest absolute Gasteiger partial charge is 0.393 e. The minimum atomic E-state index is -4.45. The molecule has 1 aromatic carbocycles. The first kappa shape index (κ1) is 21.8. The Hall–Kier alpha value is -2.93. The Morgan fingerprint density at radius 2 is 1.93 bits per heavy atom. The van der Waals surface area contributed by atoms with Crippen molar-refractivity contribution >= 4 is 22.6 Å². The molecule has 0 bridgehead atoms. The van der Waals surface area contributed by atoms with Crippen LogP contribution in [0.15, 0.2) is 24.5 Å². The number of nitriles is 1. The van der Waals surface area contributed by atoms with Gasteiger partial charge in [0.25, 0.3) is 0 Å². The fourth-order valence-corrected chi connectivity index (χ4v) is 3.61.